The summed E-state index contributed by atoms with van der Waals surface area (Å²) in [5, 5.41) is 11.9. The van der Waals surface area contributed by atoms with Crippen molar-refractivity contribution in [3.8, 4) is 5.75 Å². The van der Waals surface area contributed by atoms with E-state index < -0.39 is 27.6 Å². The van der Waals surface area contributed by atoms with Crippen molar-refractivity contribution in [3.05, 3.63) is 53.5 Å². The topological polar surface area (TPSA) is 123 Å². The summed E-state index contributed by atoms with van der Waals surface area (Å²) < 4.78 is 32.9. The lowest BCUT2D eigenvalue weighted by atomic mass is 9.98. The summed E-state index contributed by atoms with van der Waals surface area (Å²) >= 11 is 0. The standard InChI is InChI=1S/C18H21NO7S/c1-25-15-6-4-3-5-12(15)9-13(18(21)22)10-19-17(20)16-8-7-14(26-16)11-27(2,23)24/h3-8,13H,9-11H2,1-2H3,(H,19,20)(H,21,22). The number of carboxylic acid groups (broad SMARTS) is 1. The van der Waals surface area contributed by atoms with Gasteiger partial charge in [0, 0.05) is 12.8 Å². The molecule has 1 amide bonds. The molecule has 0 bridgehead atoms. The highest BCUT2D eigenvalue weighted by atomic mass is 32.2. The van der Waals surface area contributed by atoms with Gasteiger partial charge < -0.3 is 19.6 Å². The molecule has 0 aliphatic carbocycles. The third-order valence-corrected chi connectivity index (χ3v) is 4.62. The maximum Gasteiger partial charge on any atom is 0.308 e. The Kier molecular flexibility index (Phi) is 6.62. The Labute approximate surface area is 157 Å². The van der Waals surface area contributed by atoms with Crippen molar-refractivity contribution in [2.75, 3.05) is 19.9 Å². The maximum atomic E-state index is 12.2. The molecule has 2 N–H and O–H groups in total. The first-order chi connectivity index (χ1) is 12.7. The van der Waals surface area contributed by atoms with E-state index in [1.165, 1.54) is 19.2 Å². The molecule has 0 radical (unpaired) electrons. The summed E-state index contributed by atoms with van der Waals surface area (Å²) in [5.74, 6) is -2.20. The number of nitrogens with one attached hydrogen (secondary N) is 1. The van der Waals surface area contributed by atoms with Gasteiger partial charge in [-0.05, 0) is 30.2 Å². The molecule has 0 aliphatic heterocycles. The first-order valence-electron chi connectivity index (χ1n) is 8.09. The third kappa shape index (κ3) is 6.14. The molecular weight excluding hydrogens is 374 g/mol. The number of methoxy groups -OCH3 is 1. The van der Waals surface area contributed by atoms with Crippen molar-refractivity contribution in [1.29, 1.82) is 0 Å². The maximum absolute atomic E-state index is 12.2. The molecule has 9 heteroatoms. The lowest BCUT2D eigenvalue weighted by Gasteiger charge is -2.15. The lowest BCUT2D eigenvalue weighted by Crippen LogP contribution is -2.34. The van der Waals surface area contributed by atoms with Crippen LogP contribution in [0.3, 0.4) is 0 Å². The summed E-state index contributed by atoms with van der Waals surface area (Å²) in [6, 6.07) is 9.82. The molecule has 1 heterocycles. The predicted molar refractivity (Wildman–Crippen MR) is 97.4 cm³/mol. The minimum atomic E-state index is -3.28. The quantitative estimate of drug-likeness (QED) is 0.660. The number of hydrogen-bond acceptors (Lipinski definition) is 6. The van der Waals surface area contributed by atoms with Gasteiger partial charge in [-0.1, -0.05) is 18.2 Å². The molecule has 0 fully saturated rings. The Morgan fingerprint density at radius 2 is 1.93 bits per heavy atom. The van der Waals surface area contributed by atoms with Crippen LogP contribution in [0.1, 0.15) is 21.9 Å². The molecule has 0 spiro atoms. The minimum Gasteiger partial charge on any atom is -0.496 e. The van der Waals surface area contributed by atoms with E-state index in [0.29, 0.717) is 5.75 Å². The van der Waals surface area contributed by atoms with Gasteiger partial charge >= 0.3 is 5.97 Å². The van der Waals surface area contributed by atoms with Crippen LogP contribution in [0.25, 0.3) is 0 Å². The second kappa shape index (κ2) is 8.72. The first kappa shape index (κ1) is 20.5. The summed E-state index contributed by atoms with van der Waals surface area (Å²) in [6.07, 6.45) is 1.24. The van der Waals surface area contributed by atoms with Crippen LogP contribution in [0.5, 0.6) is 5.75 Å². The van der Waals surface area contributed by atoms with Gasteiger partial charge in [0.1, 0.15) is 17.3 Å². The molecule has 1 aromatic heterocycles. The molecule has 146 valence electrons. The van der Waals surface area contributed by atoms with E-state index in [2.05, 4.69) is 5.32 Å². The van der Waals surface area contributed by atoms with Gasteiger partial charge in [-0.2, -0.15) is 0 Å². The van der Waals surface area contributed by atoms with Crippen LogP contribution in [-0.2, 0) is 26.8 Å². The number of benzene rings is 1. The molecule has 8 nitrogen and oxygen atoms in total. The number of carbonyl (C=O) groups excluding carboxylic acids is 1. The summed E-state index contributed by atoms with van der Waals surface area (Å²) in [5.41, 5.74) is 0.718. The van der Waals surface area contributed by atoms with Crippen molar-refractivity contribution in [3.63, 3.8) is 0 Å². The van der Waals surface area contributed by atoms with Crippen LogP contribution in [0.4, 0.5) is 0 Å². The Morgan fingerprint density at radius 3 is 2.56 bits per heavy atom. The van der Waals surface area contributed by atoms with Crippen LogP contribution in [0, 0.1) is 5.92 Å². The minimum absolute atomic E-state index is 0.0740. The third-order valence-electron chi connectivity index (χ3n) is 3.81. The van der Waals surface area contributed by atoms with Gasteiger partial charge in [0.2, 0.25) is 0 Å². The number of hydrogen-bond donors (Lipinski definition) is 2. The van der Waals surface area contributed by atoms with Crippen molar-refractivity contribution >= 4 is 21.7 Å². The van der Waals surface area contributed by atoms with Crippen LogP contribution in [0.15, 0.2) is 40.8 Å². The highest BCUT2D eigenvalue weighted by Crippen LogP contribution is 2.21. The van der Waals surface area contributed by atoms with Gasteiger partial charge in [0.05, 0.1) is 13.0 Å². The predicted octanol–water partition coefficient (Wildman–Crippen LogP) is 1.51. The number of para-hydroxylation sites is 1. The monoisotopic (exact) mass is 395 g/mol. The smallest absolute Gasteiger partial charge is 0.308 e. The average Bonchev–Trinajstić information content (AvgIpc) is 3.05. The zero-order valence-electron chi connectivity index (χ0n) is 15.0. The number of rotatable bonds is 9. The summed E-state index contributed by atoms with van der Waals surface area (Å²) in [4.78, 5) is 23.7. The second-order valence-corrected chi connectivity index (χ2v) is 8.24. The largest absolute Gasteiger partial charge is 0.496 e. The van der Waals surface area contributed by atoms with Crippen molar-refractivity contribution in [2.24, 2.45) is 5.92 Å². The average molecular weight is 395 g/mol. The highest BCUT2D eigenvalue weighted by Gasteiger charge is 2.22. The van der Waals surface area contributed by atoms with Crippen LogP contribution >= 0.6 is 0 Å². The molecule has 1 unspecified atom stereocenters. The Morgan fingerprint density at radius 1 is 1.22 bits per heavy atom. The molecule has 1 atom stereocenters. The van der Waals surface area contributed by atoms with E-state index in [1.54, 1.807) is 24.3 Å². The summed E-state index contributed by atoms with van der Waals surface area (Å²) in [7, 11) is -1.78. The number of aliphatic carboxylic acids is 1. The molecular formula is C18H21NO7S. The normalized spacial score (nSPS) is 12.4. The Hall–Kier alpha value is -2.81. The van der Waals surface area contributed by atoms with Gasteiger partial charge in [-0.3, -0.25) is 9.59 Å². The molecule has 0 aliphatic rings. The van der Waals surface area contributed by atoms with Crippen molar-refractivity contribution in [2.45, 2.75) is 12.2 Å². The van der Waals surface area contributed by atoms with E-state index in [9.17, 15) is 23.1 Å². The Balaban J connectivity index is 2.01. The van der Waals surface area contributed by atoms with Crippen LogP contribution in [0.2, 0.25) is 0 Å². The number of sulfone groups is 1. The number of ether oxygens (including phenoxy) is 1. The van der Waals surface area contributed by atoms with Gasteiger partial charge in [0.15, 0.2) is 15.6 Å². The van der Waals surface area contributed by atoms with E-state index in [1.807, 2.05) is 0 Å². The molecule has 2 rings (SSSR count). The number of furan rings is 1. The molecule has 0 saturated carbocycles. The van der Waals surface area contributed by atoms with E-state index >= 15 is 0 Å². The fourth-order valence-electron chi connectivity index (χ4n) is 2.52. The van der Waals surface area contributed by atoms with Crippen LogP contribution < -0.4 is 10.1 Å². The molecule has 0 saturated heterocycles. The first-order valence-corrected chi connectivity index (χ1v) is 10.1. The second-order valence-electron chi connectivity index (χ2n) is 6.10. The summed E-state index contributed by atoms with van der Waals surface area (Å²) in [6.45, 7) is -0.117. The highest BCUT2D eigenvalue weighted by molar-refractivity contribution is 7.89. The SMILES string of the molecule is COc1ccccc1CC(CNC(=O)c1ccc(CS(C)(=O)=O)o1)C(=O)O. The van der Waals surface area contributed by atoms with E-state index in [4.69, 9.17) is 9.15 Å². The zero-order valence-corrected chi connectivity index (χ0v) is 15.8. The van der Waals surface area contributed by atoms with Gasteiger partial charge in [-0.25, -0.2) is 8.42 Å². The Bertz CT molecular complexity index is 917. The van der Waals surface area contributed by atoms with Gasteiger partial charge in [0.25, 0.3) is 5.91 Å². The molecule has 27 heavy (non-hydrogen) atoms. The molecule has 1 aromatic carbocycles. The van der Waals surface area contributed by atoms with Crippen LogP contribution in [-0.4, -0.2) is 45.3 Å². The number of carbonyl (C=O) groups is 2. The molecule has 2 aromatic rings. The van der Waals surface area contributed by atoms with Crippen molar-refractivity contribution < 1.29 is 32.3 Å². The number of amides is 1. The fourth-order valence-corrected chi connectivity index (χ4v) is 3.19. The zero-order chi connectivity index (χ0) is 20.0. The van der Waals surface area contributed by atoms with Crippen molar-refractivity contribution in [1.82, 2.24) is 5.32 Å². The van der Waals surface area contributed by atoms with E-state index in [0.717, 1.165) is 11.8 Å². The van der Waals surface area contributed by atoms with Gasteiger partial charge in [-0.15, -0.1) is 0 Å². The fraction of sp³-hybridized carbons (Fsp3) is 0.333. The lowest BCUT2D eigenvalue weighted by molar-refractivity contribution is -0.141. The van der Waals surface area contributed by atoms with E-state index in [-0.39, 0.29) is 30.2 Å². The number of carboxylic acids is 1.